The summed E-state index contributed by atoms with van der Waals surface area (Å²) < 4.78 is 0. The summed E-state index contributed by atoms with van der Waals surface area (Å²) in [6, 6.07) is 4.81. The van der Waals surface area contributed by atoms with E-state index in [9.17, 15) is 5.11 Å². The van der Waals surface area contributed by atoms with Crippen molar-refractivity contribution in [1.82, 2.24) is 0 Å². The van der Waals surface area contributed by atoms with E-state index in [1.807, 2.05) is 0 Å². The van der Waals surface area contributed by atoms with Gasteiger partial charge in [0.2, 0.25) is 0 Å². The van der Waals surface area contributed by atoms with Crippen LogP contribution < -0.4 is 5.73 Å². The molecule has 0 atom stereocenters. The fraction of sp³-hybridized carbons (Fsp3) is 0.364. The smallest absolute Gasteiger partial charge is 0.117 e. The van der Waals surface area contributed by atoms with E-state index in [1.54, 1.807) is 12.1 Å². The minimum absolute atomic E-state index is 0.160. The number of nitrogens with one attached hydrogen (secondary N) is 1. The molecule has 0 radical (unpaired) electrons. The van der Waals surface area contributed by atoms with Crippen molar-refractivity contribution in [1.29, 1.82) is 5.41 Å². The molecule has 0 spiro atoms. The average molecular weight is 190 g/mol. The number of rotatable bonds is 2. The van der Waals surface area contributed by atoms with E-state index < -0.39 is 0 Å². The lowest BCUT2D eigenvalue weighted by atomic mass is 9.79. The number of phenolic OH excluding ortho intramolecular Hbond substituents is 1. The number of aromatic hydroxyl groups is 1. The van der Waals surface area contributed by atoms with Crippen LogP contribution in [0.2, 0.25) is 0 Å². The molecule has 0 bridgehead atoms. The Morgan fingerprint density at radius 3 is 2.64 bits per heavy atom. The lowest BCUT2D eigenvalue weighted by molar-refractivity contribution is 0.412. The maximum Gasteiger partial charge on any atom is 0.117 e. The lowest BCUT2D eigenvalue weighted by Crippen LogP contribution is -2.22. The zero-order valence-corrected chi connectivity index (χ0v) is 7.96. The molecule has 0 aliphatic heterocycles. The van der Waals surface area contributed by atoms with Gasteiger partial charge in [-0.15, -0.1) is 0 Å². The van der Waals surface area contributed by atoms with Crippen molar-refractivity contribution in [2.75, 3.05) is 5.73 Å². The van der Waals surface area contributed by atoms with Crippen LogP contribution in [0.3, 0.4) is 0 Å². The summed E-state index contributed by atoms with van der Waals surface area (Å²) in [7, 11) is 0. The largest absolute Gasteiger partial charge is 0.508 e. The number of nitrogen functional groups attached to an aromatic ring is 1. The first-order valence-corrected chi connectivity index (χ1v) is 4.86. The fourth-order valence-electron chi connectivity index (χ4n) is 1.71. The van der Waals surface area contributed by atoms with E-state index in [-0.39, 0.29) is 5.75 Å². The molecule has 1 aliphatic carbocycles. The minimum atomic E-state index is 0.160. The second-order valence-electron chi connectivity index (χ2n) is 3.81. The lowest BCUT2D eigenvalue weighted by Gasteiger charge is -2.26. The molecule has 2 rings (SSSR count). The highest BCUT2D eigenvalue weighted by Gasteiger charge is 2.24. The molecule has 1 aliphatic rings. The predicted octanol–water partition coefficient (Wildman–Crippen LogP) is 2.14. The molecule has 3 nitrogen and oxygen atoms in total. The van der Waals surface area contributed by atoms with Crippen LogP contribution in [0, 0.1) is 11.3 Å². The van der Waals surface area contributed by atoms with Crippen LogP contribution in [0.5, 0.6) is 5.75 Å². The van der Waals surface area contributed by atoms with Crippen molar-refractivity contribution in [2.45, 2.75) is 19.3 Å². The molecular formula is C11H14N2O. The zero-order valence-electron chi connectivity index (χ0n) is 7.96. The van der Waals surface area contributed by atoms with Crippen molar-refractivity contribution >= 4 is 11.4 Å². The number of anilines is 1. The van der Waals surface area contributed by atoms with Crippen molar-refractivity contribution in [3.8, 4) is 5.75 Å². The molecule has 0 aromatic heterocycles. The van der Waals surface area contributed by atoms with E-state index in [0.29, 0.717) is 17.3 Å². The van der Waals surface area contributed by atoms with Crippen molar-refractivity contribution in [3.63, 3.8) is 0 Å². The van der Waals surface area contributed by atoms with Crippen LogP contribution in [-0.2, 0) is 0 Å². The van der Waals surface area contributed by atoms with Crippen LogP contribution in [0.4, 0.5) is 5.69 Å². The first kappa shape index (κ1) is 9.06. The van der Waals surface area contributed by atoms with E-state index in [0.717, 1.165) is 18.4 Å². The fourth-order valence-corrected chi connectivity index (χ4v) is 1.71. The zero-order chi connectivity index (χ0) is 10.1. The van der Waals surface area contributed by atoms with Crippen molar-refractivity contribution < 1.29 is 5.11 Å². The molecule has 14 heavy (non-hydrogen) atoms. The number of phenols is 1. The summed E-state index contributed by atoms with van der Waals surface area (Å²) in [5.41, 5.74) is 7.63. The van der Waals surface area contributed by atoms with Crippen molar-refractivity contribution in [2.24, 2.45) is 5.92 Å². The highest BCUT2D eigenvalue weighted by Crippen LogP contribution is 2.32. The summed E-state index contributed by atoms with van der Waals surface area (Å²) in [5.74, 6) is 0.537. The third-order valence-electron chi connectivity index (χ3n) is 2.84. The van der Waals surface area contributed by atoms with Gasteiger partial charge in [-0.25, -0.2) is 0 Å². The van der Waals surface area contributed by atoms with E-state index in [4.69, 9.17) is 11.1 Å². The molecule has 0 heterocycles. The monoisotopic (exact) mass is 190 g/mol. The summed E-state index contributed by atoms with van der Waals surface area (Å²) in [5, 5.41) is 17.1. The summed E-state index contributed by atoms with van der Waals surface area (Å²) >= 11 is 0. The van der Waals surface area contributed by atoms with Gasteiger partial charge in [0, 0.05) is 28.9 Å². The maximum atomic E-state index is 9.18. The Balaban J connectivity index is 2.26. The second-order valence-corrected chi connectivity index (χ2v) is 3.81. The quantitative estimate of drug-likeness (QED) is 0.494. The summed E-state index contributed by atoms with van der Waals surface area (Å²) in [4.78, 5) is 0. The van der Waals surface area contributed by atoms with Crippen LogP contribution in [0.25, 0.3) is 0 Å². The van der Waals surface area contributed by atoms with E-state index in [2.05, 4.69) is 0 Å². The number of hydrogen-bond acceptors (Lipinski definition) is 3. The first-order valence-electron chi connectivity index (χ1n) is 4.86. The Labute approximate surface area is 83.1 Å². The van der Waals surface area contributed by atoms with Gasteiger partial charge < -0.3 is 16.2 Å². The molecule has 4 N–H and O–H groups in total. The van der Waals surface area contributed by atoms with E-state index >= 15 is 0 Å². The molecule has 3 heteroatoms. The first-order chi connectivity index (χ1) is 6.68. The molecular weight excluding hydrogens is 176 g/mol. The summed E-state index contributed by atoms with van der Waals surface area (Å²) in [6.07, 6.45) is 3.41. The van der Waals surface area contributed by atoms with Gasteiger partial charge in [-0.3, -0.25) is 0 Å². The maximum absolute atomic E-state index is 9.18. The molecule has 0 unspecified atom stereocenters. The van der Waals surface area contributed by atoms with E-state index in [1.165, 1.54) is 12.5 Å². The second kappa shape index (κ2) is 3.33. The minimum Gasteiger partial charge on any atom is -0.508 e. The molecule has 1 fully saturated rings. The number of benzene rings is 1. The normalized spacial score (nSPS) is 16.3. The highest BCUT2D eigenvalue weighted by atomic mass is 16.3. The van der Waals surface area contributed by atoms with Gasteiger partial charge in [-0.2, -0.15) is 0 Å². The van der Waals surface area contributed by atoms with Gasteiger partial charge >= 0.3 is 0 Å². The van der Waals surface area contributed by atoms with Crippen LogP contribution in [0.1, 0.15) is 24.8 Å². The predicted molar refractivity (Wildman–Crippen MR) is 56.7 cm³/mol. The number of hydrogen-bond donors (Lipinski definition) is 3. The molecule has 0 amide bonds. The highest BCUT2D eigenvalue weighted by molar-refractivity contribution is 6.04. The summed E-state index contributed by atoms with van der Waals surface area (Å²) in [6.45, 7) is 0. The van der Waals surface area contributed by atoms with Gasteiger partial charge in [0.25, 0.3) is 0 Å². The Hall–Kier alpha value is -1.51. The standard InChI is InChI=1S/C11H14N2O/c12-10-6-8(14)4-5-9(10)11(13)7-2-1-3-7/h4-7,13-14H,1-3,12H2. The Kier molecular flexibility index (Phi) is 2.15. The molecule has 0 saturated heterocycles. The molecule has 1 aromatic rings. The van der Waals surface area contributed by atoms with Gasteiger partial charge in [-0.1, -0.05) is 6.42 Å². The molecule has 1 aromatic carbocycles. The third kappa shape index (κ3) is 1.45. The third-order valence-corrected chi connectivity index (χ3v) is 2.84. The van der Waals surface area contributed by atoms with Crippen LogP contribution in [0.15, 0.2) is 18.2 Å². The topological polar surface area (TPSA) is 70.1 Å². The Morgan fingerprint density at radius 2 is 2.14 bits per heavy atom. The van der Waals surface area contributed by atoms with Crippen LogP contribution >= 0.6 is 0 Å². The van der Waals surface area contributed by atoms with Gasteiger partial charge in [-0.05, 0) is 25.0 Å². The van der Waals surface area contributed by atoms with Gasteiger partial charge in [0.15, 0.2) is 0 Å². The Bertz CT molecular complexity index is 370. The van der Waals surface area contributed by atoms with Crippen LogP contribution in [-0.4, -0.2) is 10.8 Å². The Morgan fingerprint density at radius 1 is 1.43 bits per heavy atom. The molecule has 74 valence electrons. The van der Waals surface area contributed by atoms with Crippen molar-refractivity contribution in [3.05, 3.63) is 23.8 Å². The number of nitrogens with two attached hydrogens (primary N) is 1. The average Bonchev–Trinajstić information content (AvgIpc) is 2.00. The van der Waals surface area contributed by atoms with Gasteiger partial charge in [0.1, 0.15) is 5.75 Å². The molecule has 1 saturated carbocycles. The van der Waals surface area contributed by atoms with Gasteiger partial charge in [0.05, 0.1) is 0 Å². The SMILES string of the molecule is N=C(c1ccc(O)cc1N)C1CCC1.